The zero-order valence-corrected chi connectivity index (χ0v) is 12.3. The smallest absolute Gasteiger partial charge is 0.339 e. The molecular weight excluding hydrogens is 266 g/mol. The third-order valence-electron chi connectivity index (χ3n) is 4.07. The molecule has 21 heavy (non-hydrogen) atoms. The Morgan fingerprint density at radius 2 is 2.19 bits per heavy atom. The lowest BCUT2D eigenvalue weighted by atomic mass is 9.93. The number of hydrogen-bond acceptors (Lipinski definition) is 3. The van der Waals surface area contributed by atoms with Crippen molar-refractivity contribution < 1.29 is 9.90 Å². The normalized spacial score (nSPS) is 17.6. The lowest BCUT2D eigenvalue weighted by molar-refractivity contribution is 0.0695. The highest BCUT2D eigenvalue weighted by Gasteiger charge is 2.24. The molecule has 1 aromatic heterocycles. The zero-order chi connectivity index (χ0) is 15.0. The van der Waals surface area contributed by atoms with E-state index < -0.39 is 5.97 Å². The predicted molar refractivity (Wildman–Crippen MR) is 80.5 cm³/mol. The molecule has 1 aromatic carbocycles. The molecule has 0 saturated carbocycles. The highest BCUT2D eigenvalue weighted by molar-refractivity contribution is 5.88. The number of aryl methyl sites for hydroxylation is 1. The van der Waals surface area contributed by atoms with Gasteiger partial charge in [0.15, 0.2) is 0 Å². The fourth-order valence-corrected chi connectivity index (χ4v) is 3.07. The summed E-state index contributed by atoms with van der Waals surface area (Å²) >= 11 is 0. The molecule has 0 spiro atoms. The molecule has 2 heterocycles. The molecule has 2 aromatic rings. The van der Waals surface area contributed by atoms with Crippen molar-refractivity contribution in [3.63, 3.8) is 0 Å². The van der Waals surface area contributed by atoms with Crippen LogP contribution in [-0.2, 0) is 20.0 Å². The average molecular weight is 285 g/mol. The first-order valence-corrected chi connectivity index (χ1v) is 7.13. The lowest BCUT2D eigenvalue weighted by Crippen LogP contribution is -2.34. The minimum Gasteiger partial charge on any atom is -0.478 e. The number of carboxylic acids is 1. The number of carbonyl (C=O) groups is 1. The summed E-state index contributed by atoms with van der Waals surface area (Å²) in [6.45, 7) is 3.73. The third-order valence-corrected chi connectivity index (χ3v) is 4.07. The second-order valence-corrected chi connectivity index (χ2v) is 5.75. The maximum atomic E-state index is 11.3. The van der Waals surface area contributed by atoms with Crippen molar-refractivity contribution in [2.75, 3.05) is 11.4 Å². The molecule has 0 amide bonds. The van der Waals surface area contributed by atoms with Gasteiger partial charge in [0.25, 0.3) is 0 Å². The summed E-state index contributed by atoms with van der Waals surface area (Å²) in [5, 5.41) is 13.4. The molecule has 1 N–H and O–H groups in total. The highest BCUT2D eigenvalue weighted by atomic mass is 16.4. The number of aromatic nitrogens is 2. The second-order valence-electron chi connectivity index (χ2n) is 5.75. The summed E-state index contributed by atoms with van der Waals surface area (Å²) in [7, 11) is 1.79. The topological polar surface area (TPSA) is 58.4 Å². The summed E-state index contributed by atoms with van der Waals surface area (Å²) in [5.41, 5.74) is 3.56. The van der Waals surface area contributed by atoms with Crippen LogP contribution in [0.25, 0.3) is 0 Å². The van der Waals surface area contributed by atoms with Gasteiger partial charge in [0.05, 0.1) is 18.4 Å². The fourth-order valence-electron chi connectivity index (χ4n) is 3.07. The van der Waals surface area contributed by atoms with Gasteiger partial charge in [-0.15, -0.1) is 0 Å². The molecule has 0 saturated heterocycles. The maximum absolute atomic E-state index is 11.3. The van der Waals surface area contributed by atoms with Crippen molar-refractivity contribution in [1.29, 1.82) is 0 Å². The Hall–Kier alpha value is -2.30. The van der Waals surface area contributed by atoms with Crippen LogP contribution in [0.15, 0.2) is 30.5 Å². The van der Waals surface area contributed by atoms with Crippen LogP contribution >= 0.6 is 0 Å². The van der Waals surface area contributed by atoms with Crippen LogP contribution in [-0.4, -0.2) is 27.4 Å². The van der Waals surface area contributed by atoms with Crippen molar-refractivity contribution in [2.24, 2.45) is 13.0 Å². The van der Waals surface area contributed by atoms with Gasteiger partial charge >= 0.3 is 5.97 Å². The molecule has 5 heteroatoms. The summed E-state index contributed by atoms with van der Waals surface area (Å²) in [4.78, 5) is 13.6. The van der Waals surface area contributed by atoms with E-state index in [2.05, 4.69) is 35.1 Å². The minimum atomic E-state index is -0.920. The lowest BCUT2D eigenvalue weighted by Gasteiger charge is -2.35. The second kappa shape index (κ2) is 5.24. The van der Waals surface area contributed by atoms with Crippen LogP contribution in [0.1, 0.15) is 28.5 Å². The van der Waals surface area contributed by atoms with Gasteiger partial charge in [-0.05, 0) is 24.0 Å². The van der Waals surface area contributed by atoms with Crippen molar-refractivity contribution in [3.8, 4) is 0 Å². The van der Waals surface area contributed by atoms with Gasteiger partial charge in [-0.1, -0.05) is 25.1 Å². The van der Waals surface area contributed by atoms with Gasteiger partial charge in [0.2, 0.25) is 0 Å². The largest absolute Gasteiger partial charge is 0.478 e. The van der Waals surface area contributed by atoms with Crippen LogP contribution in [0.3, 0.4) is 0 Å². The first kappa shape index (κ1) is 13.7. The summed E-state index contributed by atoms with van der Waals surface area (Å²) < 4.78 is 1.66. The minimum absolute atomic E-state index is 0.285. The molecule has 1 aliphatic rings. The molecule has 5 nitrogen and oxygen atoms in total. The van der Waals surface area contributed by atoms with E-state index in [0.717, 1.165) is 18.7 Å². The van der Waals surface area contributed by atoms with E-state index in [-0.39, 0.29) is 5.56 Å². The average Bonchev–Trinajstić information content (AvgIpc) is 2.80. The quantitative estimate of drug-likeness (QED) is 0.940. The SMILES string of the molecule is CC1Cc2ccccc2N(Cc2c(C(=O)O)cnn2C)C1. The van der Waals surface area contributed by atoms with E-state index in [4.69, 9.17) is 0 Å². The van der Waals surface area contributed by atoms with Crippen LogP contribution < -0.4 is 4.90 Å². The molecule has 110 valence electrons. The zero-order valence-electron chi connectivity index (χ0n) is 12.3. The van der Waals surface area contributed by atoms with Gasteiger partial charge in [0, 0.05) is 19.3 Å². The van der Waals surface area contributed by atoms with Gasteiger partial charge in [0.1, 0.15) is 5.56 Å². The monoisotopic (exact) mass is 285 g/mol. The van der Waals surface area contributed by atoms with Crippen molar-refractivity contribution in [3.05, 3.63) is 47.3 Å². The maximum Gasteiger partial charge on any atom is 0.339 e. The van der Waals surface area contributed by atoms with Crippen LogP contribution in [0.4, 0.5) is 5.69 Å². The first-order chi connectivity index (χ1) is 10.1. The Morgan fingerprint density at radius 3 is 2.95 bits per heavy atom. The number of carboxylic acid groups (broad SMARTS) is 1. The Labute approximate surface area is 123 Å². The summed E-state index contributed by atoms with van der Waals surface area (Å²) in [6.07, 6.45) is 2.50. The Balaban J connectivity index is 1.96. The van der Waals surface area contributed by atoms with Gasteiger partial charge in [-0.2, -0.15) is 5.10 Å². The summed E-state index contributed by atoms with van der Waals surface area (Å²) in [6, 6.07) is 8.35. The number of anilines is 1. The Morgan fingerprint density at radius 1 is 1.43 bits per heavy atom. The number of benzene rings is 1. The summed E-state index contributed by atoms with van der Waals surface area (Å²) in [5.74, 6) is -0.363. The van der Waals surface area contributed by atoms with E-state index in [0.29, 0.717) is 12.5 Å². The number of para-hydroxylation sites is 1. The fraction of sp³-hybridized carbons (Fsp3) is 0.375. The molecule has 1 atom stereocenters. The van der Waals surface area contributed by atoms with E-state index in [1.54, 1.807) is 11.7 Å². The van der Waals surface area contributed by atoms with Gasteiger partial charge in [-0.25, -0.2) is 4.79 Å². The molecule has 1 aliphatic heterocycles. The van der Waals surface area contributed by atoms with Crippen molar-refractivity contribution in [1.82, 2.24) is 9.78 Å². The van der Waals surface area contributed by atoms with Crippen molar-refractivity contribution >= 4 is 11.7 Å². The van der Waals surface area contributed by atoms with E-state index >= 15 is 0 Å². The molecule has 0 fully saturated rings. The Kier molecular flexibility index (Phi) is 3.41. The van der Waals surface area contributed by atoms with E-state index in [1.807, 2.05) is 6.07 Å². The number of hydrogen-bond donors (Lipinski definition) is 1. The van der Waals surface area contributed by atoms with E-state index in [9.17, 15) is 9.90 Å². The standard InChI is InChI=1S/C16H19N3O2/c1-11-7-12-5-3-4-6-14(12)19(9-11)10-15-13(16(20)21)8-17-18(15)2/h3-6,8,11H,7,9-10H2,1-2H3,(H,20,21). The molecule has 0 bridgehead atoms. The third kappa shape index (κ3) is 2.51. The van der Waals surface area contributed by atoms with Crippen LogP contribution in [0.5, 0.6) is 0 Å². The first-order valence-electron chi connectivity index (χ1n) is 7.13. The molecule has 1 unspecified atom stereocenters. The molecular formula is C16H19N3O2. The van der Waals surface area contributed by atoms with Gasteiger partial charge in [-0.3, -0.25) is 4.68 Å². The number of nitrogens with zero attached hydrogens (tertiary/aromatic N) is 3. The van der Waals surface area contributed by atoms with Crippen LogP contribution in [0.2, 0.25) is 0 Å². The molecule has 0 radical (unpaired) electrons. The Bertz CT molecular complexity index is 678. The van der Waals surface area contributed by atoms with Crippen LogP contribution in [0, 0.1) is 5.92 Å². The van der Waals surface area contributed by atoms with Crippen molar-refractivity contribution in [2.45, 2.75) is 19.9 Å². The van der Waals surface area contributed by atoms with E-state index in [1.165, 1.54) is 17.4 Å². The highest BCUT2D eigenvalue weighted by Crippen LogP contribution is 2.30. The van der Waals surface area contributed by atoms with Gasteiger partial charge < -0.3 is 10.0 Å². The number of aromatic carboxylic acids is 1. The number of fused-ring (bicyclic) bond motifs is 1. The number of rotatable bonds is 3. The molecule has 0 aliphatic carbocycles. The molecule has 3 rings (SSSR count). The predicted octanol–water partition coefficient (Wildman–Crippen LogP) is 2.32.